The molecule has 1 N–H and O–H groups in total. The quantitative estimate of drug-likeness (QED) is 0.860. The van der Waals surface area contributed by atoms with Gasteiger partial charge in [0.1, 0.15) is 0 Å². The van der Waals surface area contributed by atoms with E-state index in [2.05, 4.69) is 16.3 Å². The second kappa shape index (κ2) is 6.86. The highest BCUT2D eigenvalue weighted by atomic mass is 16.1. The minimum atomic E-state index is 0.197. The lowest BCUT2D eigenvalue weighted by Gasteiger charge is -2.35. The normalized spacial score (nSPS) is 30.0. The van der Waals surface area contributed by atoms with E-state index in [9.17, 15) is 4.79 Å². The summed E-state index contributed by atoms with van der Waals surface area (Å²) in [6.07, 6.45) is 12.8. The Morgan fingerprint density at radius 3 is 2.80 bits per heavy atom. The van der Waals surface area contributed by atoms with Crippen LogP contribution >= 0.6 is 0 Å². The first kappa shape index (κ1) is 14.3. The Morgan fingerprint density at radius 2 is 1.95 bits per heavy atom. The van der Waals surface area contributed by atoms with E-state index in [-0.39, 0.29) is 6.04 Å². The number of carbonyl (C=O) groups excluding carboxylic acids is 1. The van der Waals surface area contributed by atoms with Crippen molar-refractivity contribution in [3.8, 4) is 0 Å². The molecule has 112 valence electrons. The van der Waals surface area contributed by atoms with E-state index in [1.54, 1.807) is 0 Å². The van der Waals surface area contributed by atoms with E-state index in [1.807, 2.05) is 0 Å². The van der Waals surface area contributed by atoms with E-state index in [1.165, 1.54) is 38.5 Å². The van der Waals surface area contributed by atoms with Gasteiger partial charge < -0.3 is 5.32 Å². The molecule has 0 radical (unpaired) electrons. The van der Waals surface area contributed by atoms with Crippen LogP contribution in [0, 0.1) is 0 Å². The Kier molecular flexibility index (Phi) is 4.90. The van der Waals surface area contributed by atoms with Gasteiger partial charge in [-0.3, -0.25) is 9.69 Å². The van der Waals surface area contributed by atoms with E-state index < -0.39 is 0 Å². The van der Waals surface area contributed by atoms with Crippen molar-refractivity contribution in [2.75, 3.05) is 19.6 Å². The molecule has 3 aliphatic rings. The first-order chi connectivity index (χ1) is 9.86. The number of Topliss-reactive ketones (excluding diaryl/α,β-unsaturated/α-hetero) is 1. The van der Waals surface area contributed by atoms with Crippen LogP contribution in [-0.2, 0) is 4.79 Å². The largest absolute Gasteiger partial charge is 0.317 e. The van der Waals surface area contributed by atoms with Crippen LogP contribution in [0.2, 0.25) is 0 Å². The third-order valence-electron chi connectivity index (χ3n) is 5.23. The van der Waals surface area contributed by atoms with Crippen LogP contribution in [0.5, 0.6) is 0 Å². The predicted molar refractivity (Wildman–Crippen MR) is 81.8 cm³/mol. The van der Waals surface area contributed by atoms with Crippen molar-refractivity contribution in [3.63, 3.8) is 0 Å². The first-order valence-electron chi connectivity index (χ1n) is 8.56. The van der Waals surface area contributed by atoms with Crippen molar-refractivity contribution in [3.05, 3.63) is 11.6 Å². The van der Waals surface area contributed by atoms with Crippen molar-refractivity contribution in [2.45, 2.75) is 69.9 Å². The second-order valence-corrected chi connectivity index (χ2v) is 6.57. The summed E-state index contributed by atoms with van der Waals surface area (Å²) in [6.45, 7) is 3.36. The third kappa shape index (κ3) is 3.15. The number of piperidine rings is 1. The summed E-state index contributed by atoms with van der Waals surface area (Å²) in [7, 11) is 0. The lowest BCUT2D eigenvalue weighted by molar-refractivity contribution is -0.120. The van der Waals surface area contributed by atoms with Gasteiger partial charge >= 0.3 is 0 Å². The maximum absolute atomic E-state index is 12.9. The molecule has 3 nitrogen and oxygen atoms in total. The maximum atomic E-state index is 12.9. The minimum Gasteiger partial charge on any atom is -0.317 e. The fourth-order valence-electron chi connectivity index (χ4n) is 4.10. The molecule has 1 atom stereocenters. The van der Waals surface area contributed by atoms with Gasteiger partial charge in [-0.1, -0.05) is 12.5 Å². The minimum absolute atomic E-state index is 0.197. The highest BCUT2D eigenvalue weighted by molar-refractivity contribution is 5.99. The topological polar surface area (TPSA) is 32.3 Å². The molecule has 0 bridgehead atoms. The van der Waals surface area contributed by atoms with Gasteiger partial charge in [0.15, 0.2) is 5.78 Å². The van der Waals surface area contributed by atoms with Gasteiger partial charge in [-0.25, -0.2) is 0 Å². The van der Waals surface area contributed by atoms with Crippen LogP contribution in [0.3, 0.4) is 0 Å². The molecular weight excluding hydrogens is 248 g/mol. The van der Waals surface area contributed by atoms with Crippen LogP contribution in [0.15, 0.2) is 11.6 Å². The highest BCUT2D eigenvalue weighted by Gasteiger charge is 2.36. The van der Waals surface area contributed by atoms with Crippen LogP contribution < -0.4 is 5.32 Å². The summed E-state index contributed by atoms with van der Waals surface area (Å²) in [5, 5.41) is 3.43. The number of nitrogens with zero attached hydrogens (tertiary/aromatic N) is 1. The third-order valence-corrected chi connectivity index (χ3v) is 5.23. The number of allylic oxidation sites excluding steroid dienone is 1. The average Bonchev–Trinajstić information content (AvgIpc) is 2.82. The fraction of sp³-hybridized carbons (Fsp3) is 0.824. The summed E-state index contributed by atoms with van der Waals surface area (Å²) in [6, 6.07) is 0.835. The first-order valence-corrected chi connectivity index (χ1v) is 8.56. The molecule has 0 spiro atoms. The van der Waals surface area contributed by atoms with Gasteiger partial charge in [0.25, 0.3) is 0 Å². The Bertz CT molecular complexity index is 371. The lowest BCUT2D eigenvalue weighted by Crippen LogP contribution is -2.48. The van der Waals surface area contributed by atoms with Gasteiger partial charge in [0.2, 0.25) is 0 Å². The number of likely N-dealkylation sites (tertiary alicyclic amines) is 1. The van der Waals surface area contributed by atoms with Gasteiger partial charge in [-0.15, -0.1) is 0 Å². The number of nitrogens with one attached hydrogen (secondary N) is 1. The molecule has 0 aromatic rings. The predicted octanol–water partition coefficient (Wildman–Crippen LogP) is 2.66. The fourth-order valence-corrected chi connectivity index (χ4v) is 4.10. The molecule has 0 amide bonds. The molecule has 2 heterocycles. The zero-order chi connectivity index (χ0) is 13.8. The summed E-state index contributed by atoms with van der Waals surface area (Å²) in [5.74, 6) is 0.461. The Hall–Kier alpha value is -0.670. The summed E-state index contributed by atoms with van der Waals surface area (Å²) in [5.41, 5.74) is 1.15. The summed E-state index contributed by atoms with van der Waals surface area (Å²) < 4.78 is 0. The van der Waals surface area contributed by atoms with E-state index in [0.717, 1.165) is 44.5 Å². The Morgan fingerprint density at radius 1 is 1.10 bits per heavy atom. The standard InChI is InChI=1S/C17H28N2O/c20-17(14-6-3-1-2-4-7-14)16-8-5-13-19(16)15-9-11-18-12-10-15/h6,15-16,18H,1-5,7-13H2. The highest BCUT2D eigenvalue weighted by Crippen LogP contribution is 2.29. The van der Waals surface area contributed by atoms with E-state index >= 15 is 0 Å². The van der Waals surface area contributed by atoms with Crippen LogP contribution in [0.4, 0.5) is 0 Å². The average molecular weight is 276 g/mol. The number of hydrogen-bond acceptors (Lipinski definition) is 3. The van der Waals surface area contributed by atoms with Gasteiger partial charge in [0, 0.05) is 6.04 Å². The number of rotatable bonds is 3. The van der Waals surface area contributed by atoms with Crippen LogP contribution in [0.1, 0.15) is 57.8 Å². The zero-order valence-electron chi connectivity index (χ0n) is 12.6. The van der Waals surface area contributed by atoms with Crippen molar-refractivity contribution in [1.29, 1.82) is 0 Å². The Balaban J connectivity index is 1.67. The zero-order valence-corrected chi connectivity index (χ0v) is 12.6. The monoisotopic (exact) mass is 276 g/mol. The molecule has 0 aromatic heterocycles. The Labute approximate surface area is 122 Å². The van der Waals surface area contributed by atoms with Crippen molar-refractivity contribution in [1.82, 2.24) is 10.2 Å². The van der Waals surface area contributed by atoms with Gasteiger partial charge in [-0.2, -0.15) is 0 Å². The maximum Gasteiger partial charge on any atom is 0.175 e. The van der Waals surface area contributed by atoms with Crippen LogP contribution in [0.25, 0.3) is 0 Å². The molecule has 0 aromatic carbocycles. The van der Waals surface area contributed by atoms with E-state index in [4.69, 9.17) is 0 Å². The molecule has 3 heteroatoms. The van der Waals surface area contributed by atoms with Gasteiger partial charge in [-0.05, 0) is 76.6 Å². The van der Waals surface area contributed by atoms with Crippen molar-refractivity contribution < 1.29 is 4.79 Å². The molecule has 1 unspecified atom stereocenters. The molecule has 1 aliphatic carbocycles. The van der Waals surface area contributed by atoms with E-state index in [0.29, 0.717) is 11.8 Å². The molecular formula is C17H28N2O. The molecule has 2 fully saturated rings. The van der Waals surface area contributed by atoms with Crippen molar-refractivity contribution >= 4 is 5.78 Å². The number of ketones is 1. The molecule has 2 aliphatic heterocycles. The molecule has 0 saturated carbocycles. The molecule has 20 heavy (non-hydrogen) atoms. The smallest absolute Gasteiger partial charge is 0.175 e. The molecule has 2 saturated heterocycles. The SMILES string of the molecule is O=C(C1=CCCCCC1)C1CCCN1C1CCNCC1. The number of hydrogen-bond donors (Lipinski definition) is 1. The molecule has 3 rings (SSSR count). The van der Waals surface area contributed by atoms with Crippen LogP contribution in [-0.4, -0.2) is 42.4 Å². The second-order valence-electron chi connectivity index (χ2n) is 6.57. The number of carbonyl (C=O) groups is 1. The van der Waals surface area contributed by atoms with Gasteiger partial charge in [0.05, 0.1) is 6.04 Å². The lowest BCUT2D eigenvalue weighted by atomic mass is 9.96. The van der Waals surface area contributed by atoms with Crippen molar-refractivity contribution in [2.24, 2.45) is 0 Å². The summed E-state index contributed by atoms with van der Waals surface area (Å²) >= 11 is 0. The summed E-state index contributed by atoms with van der Waals surface area (Å²) in [4.78, 5) is 15.4.